The molecule has 3 aliphatic heterocycles. The van der Waals surface area contributed by atoms with E-state index >= 15 is 0 Å². The molecule has 0 radical (unpaired) electrons. The summed E-state index contributed by atoms with van der Waals surface area (Å²) in [6.45, 7) is 5.11. The van der Waals surface area contributed by atoms with E-state index in [1.54, 1.807) is 38.4 Å². The zero-order valence-electron chi connectivity index (χ0n) is 41.9. The number of piperidine rings is 1. The van der Waals surface area contributed by atoms with E-state index in [9.17, 15) is 14.4 Å². The Hall–Kier alpha value is -8.79. The van der Waals surface area contributed by atoms with Gasteiger partial charge in [-0.3, -0.25) is 9.36 Å². The van der Waals surface area contributed by atoms with Crippen LogP contribution in [0.4, 0.5) is 26.8 Å². The van der Waals surface area contributed by atoms with Gasteiger partial charge in [0.1, 0.15) is 31.8 Å². The molecule has 74 heavy (non-hydrogen) atoms. The number of likely N-dealkylation sites (tertiary alicyclic amines) is 1. The molecular weight excluding hydrogens is 943 g/mol. The molecule has 1 fully saturated rings. The maximum atomic E-state index is 13.7. The van der Waals surface area contributed by atoms with Crippen molar-refractivity contribution in [2.45, 2.75) is 52.0 Å². The Bertz CT molecular complexity index is 3340. The van der Waals surface area contributed by atoms with Gasteiger partial charge >= 0.3 is 12.1 Å². The van der Waals surface area contributed by atoms with Gasteiger partial charge in [0.05, 0.1) is 46.9 Å². The van der Waals surface area contributed by atoms with Crippen LogP contribution in [0.3, 0.4) is 0 Å². The Kier molecular flexibility index (Phi) is 13.9. The Morgan fingerprint density at radius 2 is 1.59 bits per heavy atom. The number of benzene rings is 4. The van der Waals surface area contributed by atoms with Gasteiger partial charge in [0.15, 0.2) is 41.4 Å². The third-order valence-electron chi connectivity index (χ3n) is 14.1. The highest BCUT2D eigenvalue weighted by Crippen LogP contribution is 2.42. The Morgan fingerprint density at radius 3 is 2.32 bits per heavy atom. The molecule has 19 heteroatoms. The quantitative estimate of drug-likeness (QED) is 0.0745. The molecule has 1 saturated heterocycles. The molecule has 0 spiro atoms. The molecule has 0 unspecified atom stereocenters. The second-order valence-corrected chi connectivity index (χ2v) is 18.8. The van der Waals surface area contributed by atoms with Crippen molar-refractivity contribution in [3.05, 3.63) is 120 Å². The Labute approximate surface area is 427 Å². The first-order chi connectivity index (χ1) is 36.0. The molecule has 4 aromatic carbocycles. The van der Waals surface area contributed by atoms with Crippen LogP contribution in [-0.2, 0) is 35.7 Å². The van der Waals surface area contributed by atoms with Gasteiger partial charge in [0, 0.05) is 66.0 Å². The zero-order chi connectivity index (χ0) is 51.5. The number of aromatic nitrogens is 4. The number of nitrogens with zero attached hydrogens (tertiary/aromatic N) is 11. The summed E-state index contributed by atoms with van der Waals surface area (Å²) < 4.78 is 32.9. The smallest absolute Gasteiger partial charge is 0.409 e. The second kappa shape index (κ2) is 21.1. The van der Waals surface area contributed by atoms with Crippen molar-refractivity contribution in [2.75, 3.05) is 66.1 Å². The number of hydrogen-bond acceptors (Lipinski definition) is 14. The average Bonchev–Trinajstić information content (AvgIpc) is 4.09. The summed E-state index contributed by atoms with van der Waals surface area (Å²) in [7, 11) is 6.85. The summed E-state index contributed by atoms with van der Waals surface area (Å²) in [4.78, 5) is 54.9. The summed E-state index contributed by atoms with van der Waals surface area (Å²) in [6, 6.07) is 28.7. The van der Waals surface area contributed by atoms with Gasteiger partial charge in [-0.05, 0) is 89.0 Å². The van der Waals surface area contributed by atoms with Gasteiger partial charge in [-0.15, -0.1) is 0 Å². The predicted octanol–water partition coefficient (Wildman–Crippen LogP) is 8.58. The number of carbonyl (C=O) groups is 3. The minimum Gasteiger partial charge on any atom is -0.493 e. The van der Waals surface area contributed by atoms with Crippen LogP contribution in [0.1, 0.15) is 36.5 Å². The summed E-state index contributed by atoms with van der Waals surface area (Å²) in [5.41, 5.74) is 6.98. The molecule has 0 saturated carbocycles. The number of pyridine rings is 1. The second-order valence-electron chi connectivity index (χ2n) is 18.8. The Balaban J connectivity index is 0.691. The van der Waals surface area contributed by atoms with Crippen molar-refractivity contribution in [3.8, 4) is 40.3 Å². The zero-order valence-corrected chi connectivity index (χ0v) is 41.9. The number of ether oxygens (including phenoxy) is 5. The van der Waals surface area contributed by atoms with Gasteiger partial charge < -0.3 is 43.3 Å². The fraction of sp³-hybridized carbons (Fsp3) is 0.327. The van der Waals surface area contributed by atoms with Crippen LogP contribution in [0.25, 0.3) is 33.1 Å². The molecule has 3 aromatic heterocycles. The number of methoxy groups -OCH3 is 1. The van der Waals surface area contributed by atoms with Crippen LogP contribution in [0.15, 0.2) is 114 Å². The first kappa shape index (κ1) is 48.8. The number of anilines is 1. The normalized spacial score (nSPS) is 15.6. The van der Waals surface area contributed by atoms with Crippen molar-refractivity contribution < 1.29 is 42.6 Å². The van der Waals surface area contributed by atoms with Crippen LogP contribution >= 0.6 is 0 Å². The number of nitriles is 1. The average molecular weight is 999 g/mol. The SMILES string of the molecule is COc1ccc2cc3[n+](cc2c1OCc1ccc(/N=N/c2ccc(COC(=O)N(C)CCN(C)C(=O)n4ccc5c(N(C)[C@H]6CN(C(=O)CC#N)CC[C@H]6C)ncnc54)cc2)cc1)CCc1cc2c(cc1-3)OCO2. The van der Waals surface area contributed by atoms with Crippen molar-refractivity contribution in [1.82, 2.24) is 29.2 Å². The van der Waals surface area contributed by atoms with E-state index < -0.39 is 6.09 Å². The molecule has 0 bridgehead atoms. The maximum Gasteiger partial charge on any atom is 0.409 e. The fourth-order valence-corrected chi connectivity index (χ4v) is 9.71. The number of fused-ring (bicyclic) bond motifs is 6. The number of azo groups is 1. The molecule has 10 rings (SSSR count). The van der Waals surface area contributed by atoms with Gasteiger partial charge in [-0.2, -0.15) is 20.1 Å². The van der Waals surface area contributed by atoms with Crippen molar-refractivity contribution in [2.24, 2.45) is 16.1 Å². The predicted molar refractivity (Wildman–Crippen MR) is 274 cm³/mol. The van der Waals surface area contributed by atoms with Crippen LogP contribution in [0.2, 0.25) is 0 Å². The minimum atomic E-state index is -0.532. The van der Waals surface area contributed by atoms with E-state index in [4.69, 9.17) is 28.9 Å². The molecule has 0 N–H and O–H groups in total. The van der Waals surface area contributed by atoms with E-state index in [0.29, 0.717) is 59.4 Å². The van der Waals surface area contributed by atoms with Crippen LogP contribution in [-0.4, -0.2) is 115 Å². The van der Waals surface area contributed by atoms with Crippen LogP contribution in [0.5, 0.6) is 23.0 Å². The Morgan fingerprint density at radius 1 is 0.878 bits per heavy atom. The lowest BCUT2D eigenvalue weighted by Gasteiger charge is -2.42. The lowest BCUT2D eigenvalue weighted by molar-refractivity contribution is -0.686. The minimum absolute atomic E-state index is 0.0440. The van der Waals surface area contributed by atoms with Gasteiger partial charge in [0.2, 0.25) is 18.4 Å². The van der Waals surface area contributed by atoms with E-state index in [-0.39, 0.29) is 56.8 Å². The maximum absolute atomic E-state index is 13.7. The summed E-state index contributed by atoms with van der Waals surface area (Å²) >= 11 is 0. The highest BCUT2D eigenvalue weighted by molar-refractivity contribution is 5.95. The van der Waals surface area contributed by atoms with Gasteiger partial charge in [-0.1, -0.05) is 31.2 Å². The number of likely N-dealkylation sites (N-methyl/N-ethyl adjacent to an activating group) is 3. The van der Waals surface area contributed by atoms with Gasteiger partial charge in [-0.25, -0.2) is 19.6 Å². The lowest BCUT2D eigenvalue weighted by Crippen LogP contribution is -2.52. The number of amides is 3. The first-order valence-electron chi connectivity index (χ1n) is 24.5. The van der Waals surface area contributed by atoms with Crippen molar-refractivity contribution >= 4 is 57.0 Å². The van der Waals surface area contributed by atoms with E-state index in [2.05, 4.69) is 62.1 Å². The number of aryl methyl sites for hydroxylation is 2. The molecule has 378 valence electrons. The summed E-state index contributed by atoms with van der Waals surface area (Å²) in [5.74, 6) is 3.62. The third kappa shape index (κ3) is 10.0. The number of hydrogen-bond donors (Lipinski definition) is 0. The number of carbonyl (C=O) groups excluding carboxylic acids is 3. The van der Waals surface area contributed by atoms with Crippen molar-refractivity contribution in [1.29, 1.82) is 5.26 Å². The lowest BCUT2D eigenvalue weighted by atomic mass is 9.92. The molecule has 2 atom stereocenters. The van der Waals surface area contributed by atoms with E-state index in [1.807, 2.05) is 72.6 Å². The van der Waals surface area contributed by atoms with E-state index in [0.717, 1.165) is 64.0 Å². The fourth-order valence-electron chi connectivity index (χ4n) is 9.71. The monoisotopic (exact) mass is 998 g/mol. The van der Waals surface area contributed by atoms with Crippen LogP contribution < -0.4 is 28.4 Å². The molecule has 0 aliphatic carbocycles. The standard InChI is InChI=1S/C55H56N11O8/c1-35-17-21-65(50(67)16-20-56)30-46(35)63(4)52-42-19-23-66(53(42)58-33-57-52)54(68)61(2)24-25-62(3)55(69)72-32-37-8-13-41(14-9-37)60-59-40-11-6-36(7-12-40)31-71-51-44-29-64-22-18-39-27-48-49(74-34-73-48)28-43(39)45(64)26-38(44)10-15-47(51)70-5/h6-15,19,23,26-29,33,35,46H,16-18,21-22,24-25,30-32,34H2,1-5H3/q+1/b60-59+/t35-,46+/m1/s1. The molecule has 19 nitrogen and oxygen atoms in total. The van der Waals surface area contributed by atoms with Crippen LogP contribution in [0, 0.1) is 17.2 Å². The largest absolute Gasteiger partial charge is 0.493 e. The molecule has 7 aromatic rings. The first-order valence-corrected chi connectivity index (χ1v) is 24.5. The summed E-state index contributed by atoms with van der Waals surface area (Å²) in [6.07, 6.45) is 6.22. The molecule has 3 amide bonds. The molecule has 6 heterocycles. The highest BCUT2D eigenvalue weighted by Gasteiger charge is 2.34. The van der Waals surface area contributed by atoms with Crippen molar-refractivity contribution in [3.63, 3.8) is 0 Å². The molecule has 3 aliphatic rings. The highest BCUT2D eigenvalue weighted by atomic mass is 16.7. The summed E-state index contributed by atoms with van der Waals surface area (Å²) in [5, 5.41) is 20.6. The topological polar surface area (TPSA) is 193 Å². The van der Waals surface area contributed by atoms with E-state index in [1.165, 1.54) is 26.3 Å². The van der Waals surface area contributed by atoms with Gasteiger partial charge in [0.25, 0.3) is 0 Å². The molecular formula is C55H56N11O8+. The third-order valence-corrected chi connectivity index (χ3v) is 14.1. The number of rotatable bonds is 14.